The predicted octanol–water partition coefficient (Wildman–Crippen LogP) is 1.94. The number of hydrogen-bond acceptors (Lipinski definition) is 2. The van der Waals surface area contributed by atoms with Gasteiger partial charge in [-0.1, -0.05) is 11.6 Å². The molecular weight excluding hydrogens is 248 g/mol. The first kappa shape index (κ1) is 13.7. The van der Waals surface area contributed by atoms with E-state index in [2.05, 4.69) is 10.6 Å². The second kappa shape index (κ2) is 6.41. The van der Waals surface area contributed by atoms with Crippen molar-refractivity contribution in [3.63, 3.8) is 0 Å². The third kappa shape index (κ3) is 3.16. The van der Waals surface area contributed by atoms with Gasteiger partial charge in [-0.3, -0.25) is 4.90 Å². The van der Waals surface area contributed by atoms with Gasteiger partial charge in [0.05, 0.1) is 19.2 Å². The Morgan fingerprint density at radius 2 is 2.33 bits per heavy atom. The summed E-state index contributed by atoms with van der Waals surface area (Å²) in [7, 11) is 0. The minimum atomic E-state index is 0.610. The van der Waals surface area contributed by atoms with Crippen LogP contribution in [0.15, 0.2) is 18.2 Å². The summed E-state index contributed by atoms with van der Waals surface area (Å²) < 4.78 is 5.67. The first-order valence-electron chi connectivity index (χ1n) is 6.69. The molecule has 1 aliphatic rings. The van der Waals surface area contributed by atoms with Crippen molar-refractivity contribution in [3.05, 3.63) is 28.8 Å². The standard InChI is InChI=1S/C14H21ClN2O/c1-2-18-14-6-5-12(15)8-11(14)10-17-7-3-4-13(17)9-16/h5-6,8,13H,2-4,7,9-10,16H2,1H3/p+1/t13-/m0/s1. The van der Waals surface area contributed by atoms with E-state index < -0.39 is 0 Å². The Bertz CT molecular complexity index is 397. The van der Waals surface area contributed by atoms with Crippen LogP contribution in [0.3, 0.4) is 0 Å². The highest BCUT2D eigenvalue weighted by atomic mass is 35.5. The van der Waals surface area contributed by atoms with Crippen molar-refractivity contribution in [2.45, 2.75) is 32.4 Å². The second-order valence-electron chi connectivity index (χ2n) is 4.74. The maximum absolute atomic E-state index is 6.09. The van der Waals surface area contributed by atoms with E-state index in [1.54, 1.807) is 0 Å². The van der Waals surface area contributed by atoms with Gasteiger partial charge in [-0.25, -0.2) is 0 Å². The minimum absolute atomic E-state index is 0.610. The van der Waals surface area contributed by atoms with Crippen molar-refractivity contribution in [2.24, 2.45) is 0 Å². The average Bonchev–Trinajstić information content (AvgIpc) is 2.80. The number of rotatable bonds is 5. The van der Waals surface area contributed by atoms with Crippen molar-refractivity contribution in [1.29, 1.82) is 0 Å². The van der Waals surface area contributed by atoms with Crippen LogP contribution in [0.2, 0.25) is 5.02 Å². The third-order valence-electron chi connectivity index (χ3n) is 3.53. The monoisotopic (exact) mass is 269 g/mol. The van der Waals surface area contributed by atoms with Crippen LogP contribution in [0, 0.1) is 0 Å². The number of likely N-dealkylation sites (tertiary alicyclic amines) is 1. The van der Waals surface area contributed by atoms with Crippen LogP contribution in [0.25, 0.3) is 0 Å². The summed E-state index contributed by atoms with van der Waals surface area (Å²) in [6.07, 6.45) is 2.53. The van der Waals surface area contributed by atoms with Crippen molar-refractivity contribution >= 4 is 11.6 Å². The topological polar surface area (TPSA) is 40.1 Å². The fourth-order valence-electron chi connectivity index (χ4n) is 2.62. The van der Waals surface area contributed by atoms with Gasteiger partial charge in [0, 0.05) is 17.1 Å². The van der Waals surface area contributed by atoms with Gasteiger partial charge in [-0.05, 0) is 44.5 Å². The van der Waals surface area contributed by atoms with Gasteiger partial charge < -0.3 is 10.5 Å². The van der Waals surface area contributed by atoms with Gasteiger partial charge in [0.15, 0.2) is 0 Å². The molecule has 0 spiro atoms. The fraction of sp³-hybridized carbons (Fsp3) is 0.571. The zero-order valence-corrected chi connectivity index (χ0v) is 11.7. The first-order chi connectivity index (χ1) is 8.74. The molecule has 1 fully saturated rings. The lowest BCUT2D eigenvalue weighted by molar-refractivity contribution is -0.377. The highest BCUT2D eigenvalue weighted by molar-refractivity contribution is 6.30. The lowest BCUT2D eigenvalue weighted by Gasteiger charge is -2.23. The summed E-state index contributed by atoms with van der Waals surface area (Å²) in [5, 5.41) is 0.777. The molecule has 2 rings (SSSR count). The van der Waals surface area contributed by atoms with Gasteiger partial charge in [0.25, 0.3) is 0 Å². The van der Waals surface area contributed by atoms with Crippen LogP contribution in [0.5, 0.6) is 5.75 Å². The highest BCUT2D eigenvalue weighted by Crippen LogP contribution is 2.27. The summed E-state index contributed by atoms with van der Waals surface area (Å²) in [5.41, 5.74) is 5.22. The zero-order valence-electron chi connectivity index (χ0n) is 11.0. The Morgan fingerprint density at radius 3 is 3.06 bits per heavy atom. The fourth-order valence-corrected chi connectivity index (χ4v) is 2.81. The molecule has 0 saturated carbocycles. The van der Waals surface area contributed by atoms with E-state index in [1.165, 1.54) is 18.4 Å². The van der Waals surface area contributed by atoms with E-state index in [0.29, 0.717) is 12.6 Å². The molecule has 1 atom stereocenters. The normalized spacial score (nSPS) is 20.3. The maximum Gasteiger partial charge on any atom is 0.123 e. The van der Waals surface area contributed by atoms with Crippen molar-refractivity contribution in [3.8, 4) is 5.75 Å². The van der Waals surface area contributed by atoms with Gasteiger partial charge in [-0.15, -0.1) is 0 Å². The van der Waals surface area contributed by atoms with Crippen LogP contribution in [-0.2, 0) is 6.54 Å². The van der Waals surface area contributed by atoms with Gasteiger partial charge >= 0.3 is 0 Å². The van der Waals surface area contributed by atoms with Crippen molar-refractivity contribution < 1.29 is 10.5 Å². The highest BCUT2D eigenvalue weighted by Gasteiger charge is 2.25. The van der Waals surface area contributed by atoms with E-state index in [1.807, 2.05) is 25.1 Å². The maximum atomic E-state index is 6.09. The molecule has 1 saturated heterocycles. The van der Waals surface area contributed by atoms with E-state index >= 15 is 0 Å². The van der Waals surface area contributed by atoms with Crippen molar-refractivity contribution in [1.82, 2.24) is 4.90 Å². The predicted molar refractivity (Wildman–Crippen MR) is 73.8 cm³/mol. The Kier molecular flexibility index (Phi) is 4.87. The molecule has 3 N–H and O–H groups in total. The van der Waals surface area contributed by atoms with Gasteiger partial charge in [-0.2, -0.15) is 0 Å². The number of nitrogens with zero attached hydrogens (tertiary/aromatic N) is 1. The molecule has 18 heavy (non-hydrogen) atoms. The van der Waals surface area contributed by atoms with Crippen LogP contribution in [-0.4, -0.2) is 30.6 Å². The number of benzene rings is 1. The molecule has 1 heterocycles. The molecule has 0 bridgehead atoms. The Morgan fingerprint density at radius 1 is 1.50 bits per heavy atom. The summed E-state index contributed by atoms with van der Waals surface area (Å²) >= 11 is 6.09. The van der Waals surface area contributed by atoms with E-state index in [0.717, 1.165) is 30.4 Å². The molecule has 0 amide bonds. The second-order valence-corrected chi connectivity index (χ2v) is 5.18. The SMILES string of the molecule is CCOc1ccc(Cl)cc1CN1CCC[C@H]1C[NH3+]. The van der Waals surface area contributed by atoms with E-state index in [-0.39, 0.29) is 0 Å². The molecular formula is C14H22ClN2O+. The molecule has 0 unspecified atom stereocenters. The average molecular weight is 270 g/mol. The quantitative estimate of drug-likeness (QED) is 0.888. The lowest BCUT2D eigenvalue weighted by Crippen LogP contribution is -2.58. The Labute approximate surface area is 114 Å². The largest absolute Gasteiger partial charge is 0.494 e. The van der Waals surface area contributed by atoms with Gasteiger partial charge in [0.2, 0.25) is 0 Å². The zero-order chi connectivity index (χ0) is 13.0. The third-order valence-corrected chi connectivity index (χ3v) is 3.76. The van der Waals surface area contributed by atoms with Gasteiger partial charge in [0.1, 0.15) is 5.75 Å². The van der Waals surface area contributed by atoms with Crippen LogP contribution >= 0.6 is 11.6 Å². The molecule has 100 valence electrons. The summed E-state index contributed by atoms with van der Waals surface area (Å²) in [6.45, 7) is 5.74. The summed E-state index contributed by atoms with van der Waals surface area (Å²) in [5.74, 6) is 0.955. The molecule has 0 radical (unpaired) electrons. The molecule has 3 nitrogen and oxygen atoms in total. The smallest absolute Gasteiger partial charge is 0.123 e. The van der Waals surface area contributed by atoms with E-state index in [9.17, 15) is 0 Å². The summed E-state index contributed by atoms with van der Waals surface area (Å²) in [4.78, 5) is 2.49. The number of hydrogen-bond donors (Lipinski definition) is 1. The lowest BCUT2D eigenvalue weighted by atomic mass is 10.1. The van der Waals surface area contributed by atoms with Crippen LogP contribution < -0.4 is 10.5 Å². The number of halogens is 1. The first-order valence-corrected chi connectivity index (χ1v) is 7.07. The molecule has 4 heteroatoms. The minimum Gasteiger partial charge on any atom is -0.494 e. The molecule has 0 aliphatic carbocycles. The number of ether oxygens (including phenoxy) is 1. The van der Waals surface area contributed by atoms with Crippen LogP contribution in [0.4, 0.5) is 0 Å². The molecule has 1 aliphatic heterocycles. The van der Waals surface area contributed by atoms with E-state index in [4.69, 9.17) is 16.3 Å². The summed E-state index contributed by atoms with van der Waals surface area (Å²) in [6, 6.07) is 6.49. The Hall–Kier alpha value is -0.770. The molecule has 1 aromatic carbocycles. The van der Waals surface area contributed by atoms with Crippen LogP contribution in [0.1, 0.15) is 25.3 Å². The molecule has 0 aromatic heterocycles. The molecule has 1 aromatic rings. The Balaban J connectivity index is 2.14. The van der Waals surface area contributed by atoms with Crippen molar-refractivity contribution in [2.75, 3.05) is 19.7 Å². The number of quaternary nitrogens is 1.